The zero-order valence-electron chi connectivity index (χ0n) is 13.9. The Hall–Kier alpha value is -3.33. The first-order valence-electron chi connectivity index (χ1n) is 7.54. The Labute approximate surface area is 145 Å². The average molecular weight is 339 g/mol. The third-order valence-corrected chi connectivity index (χ3v) is 3.39. The number of hydrogen-bond donors (Lipinski definition) is 0. The Bertz CT molecular complexity index is 775. The normalized spacial score (nSPS) is 11.1. The second-order valence-corrected chi connectivity index (χ2v) is 5.15. The van der Waals surface area contributed by atoms with E-state index in [1.54, 1.807) is 48.5 Å². The van der Waals surface area contributed by atoms with Gasteiger partial charge in [-0.2, -0.15) is 5.26 Å². The number of hydrogen-bond acceptors (Lipinski definition) is 6. The minimum Gasteiger partial charge on any atom is -0.497 e. The van der Waals surface area contributed by atoms with Crippen molar-refractivity contribution >= 4 is 11.8 Å². The highest BCUT2D eigenvalue weighted by molar-refractivity contribution is 6.00. The highest BCUT2D eigenvalue weighted by atomic mass is 16.6. The van der Waals surface area contributed by atoms with Gasteiger partial charge in [0.1, 0.15) is 11.5 Å². The van der Waals surface area contributed by atoms with Crippen LogP contribution >= 0.6 is 0 Å². The summed E-state index contributed by atoms with van der Waals surface area (Å²) >= 11 is 0. The molecule has 2 aromatic carbocycles. The molecule has 2 rings (SSSR count). The molecule has 0 aromatic heterocycles. The first-order chi connectivity index (χ1) is 12.0. The zero-order valence-corrected chi connectivity index (χ0v) is 13.9. The average Bonchev–Trinajstić information content (AvgIpc) is 2.66. The van der Waals surface area contributed by atoms with Gasteiger partial charge in [-0.1, -0.05) is 0 Å². The van der Waals surface area contributed by atoms with Gasteiger partial charge in [-0.3, -0.25) is 4.79 Å². The summed E-state index contributed by atoms with van der Waals surface area (Å²) in [7, 11) is 1.54. The van der Waals surface area contributed by atoms with E-state index in [0.717, 1.165) is 0 Å². The summed E-state index contributed by atoms with van der Waals surface area (Å²) < 4.78 is 15.4. The van der Waals surface area contributed by atoms with E-state index in [1.165, 1.54) is 14.0 Å². The molecule has 0 bridgehead atoms. The molecule has 0 unspecified atom stereocenters. The van der Waals surface area contributed by atoms with Crippen LogP contribution in [-0.4, -0.2) is 31.6 Å². The fraction of sp³-hybridized carbons (Fsp3) is 0.211. The number of carbonyl (C=O) groups excluding carboxylic acids is 2. The first kappa shape index (κ1) is 18.0. The van der Waals surface area contributed by atoms with Crippen LogP contribution in [0.3, 0.4) is 0 Å². The summed E-state index contributed by atoms with van der Waals surface area (Å²) in [6, 6.07) is 14.9. The molecule has 0 fully saturated rings. The van der Waals surface area contributed by atoms with Crippen LogP contribution < -0.4 is 9.47 Å². The Kier molecular flexibility index (Phi) is 6.13. The molecule has 0 heterocycles. The number of nitrogens with zero attached hydrogens (tertiary/aromatic N) is 1. The van der Waals surface area contributed by atoms with Gasteiger partial charge < -0.3 is 14.2 Å². The minimum absolute atomic E-state index is 0.311. The number of nitriles is 1. The lowest BCUT2D eigenvalue weighted by atomic mass is 10.1. The van der Waals surface area contributed by atoms with Crippen molar-refractivity contribution in [2.24, 2.45) is 0 Å². The largest absolute Gasteiger partial charge is 0.497 e. The van der Waals surface area contributed by atoms with Crippen molar-refractivity contribution < 1.29 is 23.8 Å². The fourth-order valence-electron chi connectivity index (χ4n) is 2.04. The fourth-order valence-corrected chi connectivity index (χ4v) is 2.04. The van der Waals surface area contributed by atoms with E-state index in [9.17, 15) is 9.59 Å². The van der Waals surface area contributed by atoms with Crippen molar-refractivity contribution in [1.29, 1.82) is 5.26 Å². The molecule has 0 saturated carbocycles. The standard InChI is InChI=1S/C19H17NO5/c1-13(19(22)15-5-9-16(23-2)10-6-15)25-18(21)12-24-17-7-3-14(11-20)4-8-17/h3-10,13H,12H2,1-2H3/t13-/m1/s1. The summed E-state index contributed by atoms with van der Waals surface area (Å²) in [6.07, 6.45) is -0.926. The van der Waals surface area contributed by atoms with Crippen molar-refractivity contribution in [2.45, 2.75) is 13.0 Å². The van der Waals surface area contributed by atoms with E-state index >= 15 is 0 Å². The topological polar surface area (TPSA) is 85.6 Å². The quantitative estimate of drug-likeness (QED) is 0.569. The molecule has 0 aliphatic carbocycles. The first-order valence-corrected chi connectivity index (χ1v) is 7.54. The SMILES string of the molecule is COc1ccc(C(=O)[C@@H](C)OC(=O)COc2ccc(C#N)cc2)cc1. The number of methoxy groups -OCH3 is 1. The number of ether oxygens (including phenoxy) is 3. The highest BCUT2D eigenvalue weighted by Crippen LogP contribution is 2.14. The van der Waals surface area contributed by atoms with E-state index in [0.29, 0.717) is 22.6 Å². The number of benzene rings is 2. The lowest BCUT2D eigenvalue weighted by Gasteiger charge is -2.13. The molecule has 0 N–H and O–H groups in total. The molecule has 0 aliphatic heterocycles. The van der Waals surface area contributed by atoms with Crippen LogP contribution in [-0.2, 0) is 9.53 Å². The van der Waals surface area contributed by atoms with E-state index in [-0.39, 0.29) is 12.4 Å². The van der Waals surface area contributed by atoms with Crippen molar-refractivity contribution in [1.82, 2.24) is 0 Å². The zero-order chi connectivity index (χ0) is 18.2. The van der Waals surface area contributed by atoms with Crippen LogP contribution in [0.25, 0.3) is 0 Å². The summed E-state index contributed by atoms with van der Waals surface area (Å²) in [6.45, 7) is 1.18. The van der Waals surface area contributed by atoms with Crippen molar-refractivity contribution in [2.75, 3.05) is 13.7 Å². The molecule has 25 heavy (non-hydrogen) atoms. The molecule has 6 heteroatoms. The van der Waals surface area contributed by atoms with Crippen LogP contribution in [0.1, 0.15) is 22.8 Å². The number of ketones is 1. The van der Waals surface area contributed by atoms with Gasteiger partial charge in [0, 0.05) is 5.56 Å². The van der Waals surface area contributed by atoms with Gasteiger partial charge in [0.05, 0.1) is 18.7 Å². The van der Waals surface area contributed by atoms with Gasteiger partial charge in [0.15, 0.2) is 12.7 Å². The molecular formula is C19H17NO5. The van der Waals surface area contributed by atoms with E-state index in [2.05, 4.69) is 0 Å². The molecule has 0 aliphatic rings. The van der Waals surface area contributed by atoms with E-state index in [4.69, 9.17) is 19.5 Å². The third kappa shape index (κ3) is 5.08. The number of Topliss-reactive ketones (excluding diaryl/α,β-unsaturated/α-hetero) is 1. The summed E-state index contributed by atoms with van der Waals surface area (Å²) in [4.78, 5) is 24.0. The molecule has 128 valence electrons. The molecule has 2 aromatic rings. The number of esters is 1. The van der Waals surface area contributed by atoms with Gasteiger partial charge in [-0.05, 0) is 55.5 Å². The molecule has 1 atom stereocenters. The maximum Gasteiger partial charge on any atom is 0.344 e. The van der Waals surface area contributed by atoms with Crippen molar-refractivity contribution in [3.05, 3.63) is 59.7 Å². The predicted molar refractivity (Wildman–Crippen MR) is 89.5 cm³/mol. The lowest BCUT2D eigenvalue weighted by molar-refractivity contribution is -0.148. The smallest absolute Gasteiger partial charge is 0.344 e. The van der Waals surface area contributed by atoms with Gasteiger partial charge in [-0.15, -0.1) is 0 Å². The van der Waals surface area contributed by atoms with Crippen molar-refractivity contribution in [3.8, 4) is 17.6 Å². The Balaban J connectivity index is 1.85. The summed E-state index contributed by atoms with van der Waals surface area (Å²) in [5, 5.41) is 8.72. The molecule has 0 saturated heterocycles. The monoisotopic (exact) mass is 339 g/mol. The van der Waals surface area contributed by atoms with Gasteiger partial charge >= 0.3 is 5.97 Å². The molecule has 0 spiro atoms. The molecule has 6 nitrogen and oxygen atoms in total. The number of carbonyl (C=O) groups is 2. The van der Waals surface area contributed by atoms with Crippen LogP contribution in [0.2, 0.25) is 0 Å². The molecular weight excluding hydrogens is 322 g/mol. The van der Waals surface area contributed by atoms with Crippen LogP contribution in [0.4, 0.5) is 0 Å². The summed E-state index contributed by atoms with van der Waals surface area (Å²) in [5.74, 6) is 0.107. The Morgan fingerprint density at radius 3 is 2.20 bits per heavy atom. The van der Waals surface area contributed by atoms with Crippen LogP contribution in [0, 0.1) is 11.3 Å². The minimum atomic E-state index is -0.926. The van der Waals surface area contributed by atoms with Crippen LogP contribution in [0.15, 0.2) is 48.5 Å². The second-order valence-electron chi connectivity index (χ2n) is 5.15. The van der Waals surface area contributed by atoms with Crippen LogP contribution in [0.5, 0.6) is 11.5 Å². The predicted octanol–water partition coefficient (Wildman–Crippen LogP) is 2.76. The Morgan fingerprint density at radius 2 is 1.64 bits per heavy atom. The Morgan fingerprint density at radius 1 is 1.04 bits per heavy atom. The van der Waals surface area contributed by atoms with Gasteiger partial charge in [-0.25, -0.2) is 4.79 Å². The maximum atomic E-state index is 12.2. The van der Waals surface area contributed by atoms with Gasteiger partial charge in [0.25, 0.3) is 0 Å². The second kappa shape index (κ2) is 8.50. The number of rotatable bonds is 7. The lowest BCUT2D eigenvalue weighted by Crippen LogP contribution is -2.27. The maximum absolute atomic E-state index is 12.2. The third-order valence-electron chi connectivity index (χ3n) is 3.39. The van der Waals surface area contributed by atoms with Gasteiger partial charge in [0.2, 0.25) is 5.78 Å². The van der Waals surface area contributed by atoms with Crippen molar-refractivity contribution in [3.63, 3.8) is 0 Å². The highest BCUT2D eigenvalue weighted by Gasteiger charge is 2.19. The van der Waals surface area contributed by atoms with E-state index < -0.39 is 12.1 Å². The molecule has 0 radical (unpaired) electrons. The van der Waals surface area contributed by atoms with E-state index in [1.807, 2.05) is 6.07 Å². The molecule has 0 amide bonds. The summed E-state index contributed by atoms with van der Waals surface area (Å²) in [5.41, 5.74) is 0.919.